The van der Waals surface area contributed by atoms with Gasteiger partial charge in [-0.3, -0.25) is 4.79 Å². The fraction of sp³-hybridized carbons (Fsp3) is 0.111. The van der Waals surface area contributed by atoms with Crippen molar-refractivity contribution in [1.29, 1.82) is 0 Å². The second-order valence-electron chi connectivity index (χ2n) is 2.96. The van der Waals surface area contributed by atoms with E-state index in [-0.39, 0.29) is 22.2 Å². The molecule has 1 aromatic carbocycles. The summed E-state index contributed by atoms with van der Waals surface area (Å²) in [6, 6.07) is 2.59. The lowest BCUT2D eigenvalue weighted by Crippen LogP contribution is -2.27. The molecule has 0 fully saturated rings. The number of carbonyl (C=O) groups is 2. The molecule has 1 aromatic rings. The Morgan fingerprint density at radius 3 is 2.25 bits per heavy atom. The Balaban J connectivity index is 3.09. The van der Waals surface area contributed by atoms with Crippen LogP contribution in [0.4, 0.5) is 0 Å². The Morgan fingerprint density at radius 1 is 1.19 bits per heavy atom. The van der Waals surface area contributed by atoms with Crippen LogP contribution < -0.4 is 10.9 Å². The second-order valence-corrected chi connectivity index (χ2v) is 3.98. The molecule has 0 unspecified atom stereocenters. The zero-order chi connectivity index (χ0) is 12.3. The second kappa shape index (κ2) is 5.12. The summed E-state index contributed by atoms with van der Waals surface area (Å²) in [5.74, 6) is -2.43. The zero-order valence-corrected chi connectivity index (χ0v) is 8.95. The molecule has 78 valence electrons. The third-order valence-electron chi connectivity index (χ3n) is 1.77. The summed E-state index contributed by atoms with van der Waals surface area (Å²) in [6.45, 7) is 0. The van der Waals surface area contributed by atoms with Crippen LogP contribution >= 0.6 is 11.8 Å². The van der Waals surface area contributed by atoms with Crippen LogP contribution in [0.1, 0.15) is 10.4 Å². The van der Waals surface area contributed by atoms with Gasteiger partial charge in [0.1, 0.15) is 15.7 Å². The van der Waals surface area contributed by atoms with Crippen molar-refractivity contribution in [2.24, 2.45) is 0 Å². The Labute approximate surface area is 98.9 Å². The largest absolute Gasteiger partial charge is 0.481 e. The third kappa shape index (κ3) is 3.06. The molecule has 4 radical (unpaired) electrons. The number of hydrogen-bond acceptors (Lipinski definition) is 3. The first-order valence-electron chi connectivity index (χ1n) is 4.18. The van der Waals surface area contributed by atoms with Gasteiger partial charge in [-0.05, 0) is 0 Å². The average molecular weight is 232 g/mol. The molecule has 1 rings (SSSR count). The number of aromatic carboxylic acids is 1. The van der Waals surface area contributed by atoms with Gasteiger partial charge in [0.25, 0.3) is 0 Å². The number of aliphatic carboxylic acids is 1. The van der Waals surface area contributed by atoms with Crippen molar-refractivity contribution in [2.45, 2.75) is 4.90 Å². The van der Waals surface area contributed by atoms with Crippen LogP contribution in [0.3, 0.4) is 0 Å². The highest BCUT2D eigenvalue weighted by atomic mass is 32.2. The van der Waals surface area contributed by atoms with Crippen molar-refractivity contribution >= 4 is 50.3 Å². The van der Waals surface area contributed by atoms with Gasteiger partial charge in [-0.15, -0.1) is 22.7 Å². The maximum absolute atomic E-state index is 10.9. The van der Waals surface area contributed by atoms with Crippen molar-refractivity contribution < 1.29 is 19.8 Å². The van der Waals surface area contributed by atoms with Crippen molar-refractivity contribution in [3.05, 3.63) is 17.7 Å². The van der Waals surface area contributed by atoms with E-state index in [4.69, 9.17) is 25.9 Å². The van der Waals surface area contributed by atoms with Crippen molar-refractivity contribution in [3.8, 4) is 0 Å². The minimum atomic E-state index is -1.17. The van der Waals surface area contributed by atoms with E-state index in [2.05, 4.69) is 0 Å². The minimum Gasteiger partial charge on any atom is -0.481 e. The molecule has 0 spiro atoms. The Morgan fingerprint density at radius 2 is 1.75 bits per heavy atom. The molecule has 0 saturated carbocycles. The predicted octanol–water partition coefficient (Wildman–Crippen LogP) is -0.851. The highest BCUT2D eigenvalue weighted by molar-refractivity contribution is 8.00. The first-order valence-corrected chi connectivity index (χ1v) is 5.17. The fourth-order valence-corrected chi connectivity index (χ4v) is 1.83. The number of benzene rings is 1. The average Bonchev–Trinajstić information content (AvgIpc) is 2.18. The van der Waals surface area contributed by atoms with Gasteiger partial charge < -0.3 is 10.2 Å². The molecule has 0 aliphatic carbocycles. The summed E-state index contributed by atoms with van der Waals surface area (Å²) in [7, 11) is 11.0. The molecule has 0 aromatic heterocycles. The molecule has 0 amide bonds. The van der Waals surface area contributed by atoms with Crippen molar-refractivity contribution in [1.82, 2.24) is 0 Å². The number of hydrogen-bond donors (Lipinski definition) is 2. The molecule has 7 heteroatoms. The van der Waals surface area contributed by atoms with Crippen LogP contribution in [0.2, 0.25) is 0 Å². The van der Waals surface area contributed by atoms with Crippen LogP contribution in [0.5, 0.6) is 0 Å². The summed E-state index contributed by atoms with van der Waals surface area (Å²) in [5.41, 5.74) is 0.355. The Kier molecular flexibility index (Phi) is 4.06. The standard InChI is InChI=1S/C9H6B2O4S/c10-5-1-4(9(14)15)7(2-6(5)11)16-3-8(12)13/h1-2H,3H2,(H,12,13)(H,14,15). The molecule has 2 N–H and O–H groups in total. The lowest BCUT2D eigenvalue weighted by Gasteiger charge is -2.09. The normalized spacial score (nSPS) is 10.0. The monoisotopic (exact) mass is 232 g/mol. The van der Waals surface area contributed by atoms with Crippen molar-refractivity contribution in [2.75, 3.05) is 5.75 Å². The number of thioether (sulfide) groups is 1. The zero-order valence-electron chi connectivity index (χ0n) is 8.14. The predicted molar refractivity (Wildman–Crippen MR) is 62.5 cm³/mol. The highest BCUT2D eigenvalue weighted by Crippen LogP contribution is 2.20. The maximum Gasteiger partial charge on any atom is 0.336 e. The molecular weight excluding hydrogens is 226 g/mol. The van der Waals surface area contributed by atoms with E-state index in [1.165, 1.54) is 12.1 Å². The summed E-state index contributed by atoms with van der Waals surface area (Å²) >= 11 is 0.890. The number of carboxylic acid groups (broad SMARTS) is 2. The molecular formula is C9H6B2O4S. The Bertz CT molecular complexity index is 447. The van der Waals surface area contributed by atoms with E-state index in [0.717, 1.165) is 11.8 Å². The first-order chi connectivity index (χ1) is 7.41. The molecule has 0 atom stereocenters. The third-order valence-corrected chi connectivity index (χ3v) is 2.81. The van der Waals surface area contributed by atoms with Crippen LogP contribution in [-0.2, 0) is 4.79 Å². The lowest BCUT2D eigenvalue weighted by atomic mass is 9.80. The van der Waals surface area contributed by atoms with E-state index in [1.54, 1.807) is 0 Å². The molecule has 0 aliphatic rings. The quantitative estimate of drug-likeness (QED) is 0.522. The van der Waals surface area contributed by atoms with Gasteiger partial charge >= 0.3 is 11.9 Å². The van der Waals surface area contributed by atoms with E-state index in [9.17, 15) is 9.59 Å². The fourth-order valence-electron chi connectivity index (χ4n) is 1.04. The van der Waals surface area contributed by atoms with Crippen LogP contribution in [-0.4, -0.2) is 43.6 Å². The molecule has 0 saturated heterocycles. The summed E-state index contributed by atoms with van der Waals surface area (Å²) < 4.78 is 0. The molecule has 0 aliphatic heterocycles. The molecule has 16 heavy (non-hydrogen) atoms. The highest BCUT2D eigenvalue weighted by Gasteiger charge is 2.13. The van der Waals surface area contributed by atoms with Gasteiger partial charge in [-0.25, -0.2) is 4.79 Å². The van der Waals surface area contributed by atoms with Crippen LogP contribution in [0.25, 0.3) is 0 Å². The topological polar surface area (TPSA) is 74.6 Å². The summed E-state index contributed by atoms with van der Waals surface area (Å²) in [5, 5.41) is 17.4. The van der Waals surface area contributed by atoms with Crippen LogP contribution in [0.15, 0.2) is 17.0 Å². The summed E-state index contributed by atoms with van der Waals surface area (Å²) in [6.07, 6.45) is 0. The smallest absolute Gasteiger partial charge is 0.336 e. The first kappa shape index (κ1) is 12.7. The van der Waals surface area contributed by atoms with E-state index < -0.39 is 11.9 Å². The lowest BCUT2D eigenvalue weighted by molar-refractivity contribution is -0.133. The van der Waals surface area contributed by atoms with E-state index in [0.29, 0.717) is 4.90 Å². The molecule has 0 heterocycles. The maximum atomic E-state index is 10.9. The van der Waals surface area contributed by atoms with Gasteiger partial charge in [0.05, 0.1) is 11.3 Å². The van der Waals surface area contributed by atoms with E-state index >= 15 is 0 Å². The SMILES string of the molecule is [B]c1cc(SCC(=O)O)c(C(=O)O)cc1[B]. The van der Waals surface area contributed by atoms with Gasteiger partial charge in [0.15, 0.2) is 0 Å². The summed E-state index contributed by atoms with van der Waals surface area (Å²) in [4.78, 5) is 21.5. The van der Waals surface area contributed by atoms with E-state index in [1.807, 2.05) is 0 Å². The molecule has 4 nitrogen and oxygen atoms in total. The number of carboxylic acids is 2. The van der Waals surface area contributed by atoms with Crippen LogP contribution in [0, 0.1) is 0 Å². The van der Waals surface area contributed by atoms with Crippen molar-refractivity contribution in [3.63, 3.8) is 0 Å². The van der Waals surface area contributed by atoms with Gasteiger partial charge in [0, 0.05) is 4.90 Å². The Hall–Kier alpha value is -1.36. The number of rotatable bonds is 4. The van der Waals surface area contributed by atoms with Gasteiger partial charge in [-0.2, -0.15) is 0 Å². The van der Waals surface area contributed by atoms with Gasteiger partial charge in [0.2, 0.25) is 0 Å². The molecule has 0 bridgehead atoms. The minimum absolute atomic E-state index is 0.0436. The van der Waals surface area contributed by atoms with Gasteiger partial charge in [-0.1, -0.05) is 12.1 Å².